The minimum atomic E-state index is 0.101. The third kappa shape index (κ3) is 2.59. The fraction of sp³-hybridized carbons (Fsp3) is 0.500. The zero-order chi connectivity index (χ0) is 11.5. The van der Waals surface area contributed by atoms with Gasteiger partial charge in [0, 0.05) is 17.0 Å². The lowest BCUT2D eigenvalue weighted by Crippen LogP contribution is -2.28. The second-order valence-electron chi connectivity index (χ2n) is 4.10. The summed E-state index contributed by atoms with van der Waals surface area (Å²) in [5, 5.41) is 0.724. The van der Waals surface area contributed by atoms with Gasteiger partial charge in [-0.1, -0.05) is 17.7 Å². The molecule has 2 rings (SSSR count). The lowest BCUT2D eigenvalue weighted by Gasteiger charge is -2.31. The van der Waals surface area contributed by atoms with Gasteiger partial charge in [-0.15, -0.1) is 0 Å². The first kappa shape index (κ1) is 12.4. The normalized spacial score (nSPS) is 25.7. The van der Waals surface area contributed by atoms with Crippen LogP contribution in [0.3, 0.4) is 0 Å². The van der Waals surface area contributed by atoms with Crippen LogP contribution in [0.15, 0.2) is 22.7 Å². The minimum absolute atomic E-state index is 0.101. The van der Waals surface area contributed by atoms with E-state index >= 15 is 0 Å². The Morgan fingerprint density at radius 3 is 3.00 bits per heavy atom. The number of hydrogen-bond donors (Lipinski definition) is 1. The molecule has 0 aliphatic carbocycles. The molecule has 0 bridgehead atoms. The number of ether oxygens (including phenoxy) is 1. The highest BCUT2D eigenvalue weighted by Gasteiger charge is 2.26. The Morgan fingerprint density at radius 1 is 1.50 bits per heavy atom. The molecule has 4 heteroatoms. The number of benzene rings is 1. The predicted octanol–water partition coefficient (Wildman–Crippen LogP) is 3.53. The van der Waals surface area contributed by atoms with Gasteiger partial charge in [-0.05, 0) is 53.0 Å². The molecule has 0 spiro atoms. The summed E-state index contributed by atoms with van der Waals surface area (Å²) in [5.74, 6) is 0.408. The molecule has 2 N–H and O–H groups in total. The third-order valence-electron chi connectivity index (χ3n) is 3.02. The van der Waals surface area contributed by atoms with Crippen molar-refractivity contribution in [3.8, 4) is 0 Å². The Labute approximate surface area is 109 Å². The van der Waals surface area contributed by atoms with E-state index in [2.05, 4.69) is 22.0 Å². The summed E-state index contributed by atoms with van der Waals surface area (Å²) in [6.45, 7) is 1.48. The molecule has 0 saturated carbocycles. The first-order chi connectivity index (χ1) is 7.72. The largest absolute Gasteiger partial charge is 0.373 e. The topological polar surface area (TPSA) is 35.2 Å². The van der Waals surface area contributed by atoms with Gasteiger partial charge in [-0.2, -0.15) is 0 Å². The second kappa shape index (κ2) is 5.50. The molecule has 2 nitrogen and oxygen atoms in total. The predicted molar refractivity (Wildman–Crippen MR) is 69.6 cm³/mol. The van der Waals surface area contributed by atoms with Crippen LogP contribution in [0.1, 0.15) is 24.5 Å². The van der Waals surface area contributed by atoms with Gasteiger partial charge in [0.1, 0.15) is 0 Å². The van der Waals surface area contributed by atoms with Crippen LogP contribution in [0, 0.1) is 5.92 Å². The van der Waals surface area contributed by atoms with Gasteiger partial charge in [0.15, 0.2) is 0 Å². The van der Waals surface area contributed by atoms with Crippen molar-refractivity contribution < 1.29 is 4.74 Å². The van der Waals surface area contributed by atoms with Gasteiger partial charge in [0.2, 0.25) is 0 Å². The molecule has 1 saturated heterocycles. The number of halogens is 2. The highest BCUT2D eigenvalue weighted by atomic mass is 79.9. The smallest absolute Gasteiger partial charge is 0.0865 e. The van der Waals surface area contributed by atoms with Gasteiger partial charge in [0.25, 0.3) is 0 Å². The summed E-state index contributed by atoms with van der Waals surface area (Å²) in [7, 11) is 0. The van der Waals surface area contributed by atoms with Crippen LogP contribution in [-0.4, -0.2) is 13.2 Å². The van der Waals surface area contributed by atoms with E-state index in [-0.39, 0.29) is 6.10 Å². The van der Waals surface area contributed by atoms with Gasteiger partial charge < -0.3 is 10.5 Å². The minimum Gasteiger partial charge on any atom is -0.373 e. The SMILES string of the molecule is NCC1CCCOC1c1ccc(Br)c(Cl)c1. The van der Waals surface area contributed by atoms with E-state index in [1.807, 2.05) is 12.1 Å². The third-order valence-corrected chi connectivity index (χ3v) is 4.25. The molecule has 1 aliphatic rings. The maximum Gasteiger partial charge on any atom is 0.0865 e. The molecule has 0 aromatic heterocycles. The summed E-state index contributed by atoms with van der Waals surface area (Å²) in [6.07, 6.45) is 2.33. The molecule has 1 aliphatic heterocycles. The van der Waals surface area contributed by atoms with E-state index in [1.54, 1.807) is 0 Å². The summed E-state index contributed by atoms with van der Waals surface area (Å²) in [6, 6.07) is 5.97. The molecule has 16 heavy (non-hydrogen) atoms. The van der Waals surface area contributed by atoms with E-state index in [0.29, 0.717) is 12.5 Å². The lowest BCUT2D eigenvalue weighted by atomic mass is 9.90. The van der Waals surface area contributed by atoms with E-state index < -0.39 is 0 Å². The maximum atomic E-state index is 6.09. The van der Waals surface area contributed by atoms with Crippen LogP contribution in [-0.2, 0) is 4.74 Å². The Kier molecular flexibility index (Phi) is 4.25. The van der Waals surface area contributed by atoms with E-state index in [9.17, 15) is 0 Å². The highest BCUT2D eigenvalue weighted by Crippen LogP contribution is 2.35. The van der Waals surface area contributed by atoms with Crippen LogP contribution >= 0.6 is 27.5 Å². The van der Waals surface area contributed by atoms with Crippen molar-refractivity contribution >= 4 is 27.5 Å². The highest BCUT2D eigenvalue weighted by molar-refractivity contribution is 9.10. The maximum absolute atomic E-state index is 6.09. The van der Waals surface area contributed by atoms with Crippen molar-refractivity contribution in [1.82, 2.24) is 0 Å². The van der Waals surface area contributed by atoms with Gasteiger partial charge in [-0.3, -0.25) is 0 Å². The van der Waals surface area contributed by atoms with Gasteiger partial charge in [0.05, 0.1) is 11.1 Å². The van der Waals surface area contributed by atoms with E-state index in [0.717, 1.165) is 34.5 Å². The molecular formula is C12H15BrClNO. The first-order valence-electron chi connectivity index (χ1n) is 5.49. The quantitative estimate of drug-likeness (QED) is 0.907. The fourth-order valence-corrected chi connectivity index (χ4v) is 2.58. The monoisotopic (exact) mass is 303 g/mol. The Bertz CT molecular complexity index is 372. The number of rotatable bonds is 2. The van der Waals surface area contributed by atoms with Crippen molar-refractivity contribution in [3.63, 3.8) is 0 Å². The zero-order valence-electron chi connectivity index (χ0n) is 8.96. The summed E-state index contributed by atoms with van der Waals surface area (Å²) in [5.41, 5.74) is 6.90. The van der Waals surface area contributed by atoms with Crippen LogP contribution in [0.5, 0.6) is 0 Å². The average molecular weight is 305 g/mol. The standard InChI is InChI=1S/C12H15BrClNO/c13-10-4-3-8(6-11(10)14)12-9(7-15)2-1-5-16-12/h3-4,6,9,12H,1-2,5,7,15H2. The molecule has 88 valence electrons. The fourth-order valence-electron chi connectivity index (χ4n) is 2.14. The molecule has 0 amide bonds. The summed E-state index contributed by atoms with van der Waals surface area (Å²) in [4.78, 5) is 0. The van der Waals surface area contributed by atoms with Crippen molar-refractivity contribution in [1.29, 1.82) is 0 Å². The van der Waals surface area contributed by atoms with Crippen LogP contribution in [0.2, 0.25) is 5.02 Å². The van der Waals surface area contributed by atoms with Crippen molar-refractivity contribution in [2.45, 2.75) is 18.9 Å². The van der Waals surface area contributed by atoms with Crippen molar-refractivity contribution in [2.75, 3.05) is 13.2 Å². The van der Waals surface area contributed by atoms with Crippen LogP contribution in [0.25, 0.3) is 0 Å². The zero-order valence-corrected chi connectivity index (χ0v) is 11.3. The Morgan fingerprint density at radius 2 is 2.31 bits per heavy atom. The van der Waals surface area contributed by atoms with Crippen molar-refractivity contribution in [3.05, 3.63) is 33.3 Å². The molecule has 1 aromatic carbocycles. The van der Waals surface area contributed by atoms with E-state index in [1.165, 1.54) is 0 Å². The van der Waals surface area contributed by atoms with Gasteiger partial charge in [-0.25, -0.2) is 0 Å². The molecule has 1 heterocycles. The van der Waals surface area contributed by atoms with Crippen LogP contribution < -0.4 is 5.73 Å². The van der Waals surface area contributed by atoms with Crippen LogP contribution in [0.4, 0.5) is 0 Å². The molecular weight excluding hydrogens is 289 g/mol. The Hall–Kier alpha value is -0.0900. The van der Waals surface area contributed by atoms with Gasteiger partial charge >= 0.3 is 0 Å². The Balaban J connectivity index is 2.23. The summed E-state index contributed by atoms with van der Waals surface area (Å²) >= 11 is 9.48. The average Bonchev–Trinajstić information content (AvgIpc) is 2.32. The summed E-state index contributed by atoms with van der Waals surface area (Å²) < 4.78 is 6.72. The first-order valence-corrected chi connectivity index (χ1v) is 6.66. The second-order valence-corrected chi connectivity index (χ2v) is 5.36. The molecule has 0 radical (unpaired) electrons. The lowest BCUT2D eigenvalue weighted by molar-refractivity contribution is -0.0251. The molecule has 1 fully saturated rings. The van der Waals surface area contributed by atoms with Crippen molar-refractivity contribution in [2.24, 2.45) is 11.7 Å². The molecule has 1 aromatic rings. The molecule has 2 atom stereocenters. The molecule has 2 unspecified atom stereocenters. The van der Waals surface area contributed by atoms with E-state index in [4.69, 9.17) is 22.1 Å². The number of hydrogen-bond acceptors (Lipinski definition) is 2. The number of nitrogens with two attached hydrogens (primary N) is 1.